The molecule has 2 fully saturated rings. The van der Waals surface area contributed by atoms with Gasteiger partial charge >= 0.3 is 0 Å². The molecule has 1 saturated carbocycles. The predicted molar refractivity (Wildman–Crippen MR) is 69.0 cm³/mol. The first-order valence-corrected chi connectivity index (χ1v) is 6.83. The van der Waals surface area contributed by atoms with E-state index in [1.807, 2.05) is 0 Å². The average Bonchev–Trinajstić information content (AvgIpc) is 2.41. The van der Waals surface area contributed by atoms with Gasteiger partial charge in [-0.05, 0) is 18.4 Å². The Kier molecular flexibility index (Phi) is 3.17. The van der Waals surface area contributed by atoms with Crippen molar-refractivity contribution in [2.24, 2.45) is 0 Å². The maximum atomic E-state index is 6.21. The Morgan fingerprint density at radius 2 is 1.82 bits per heavy atom. The second-order valence-electron chi connectivity index (χ2n) is 5.27. The van der Waals surface area contributed by atoms with Gasteiger partial charge in [-0.25, -0.2) is 0 Å². The summed E-state index contributed by atoms with van der Waals surface area (Å²) in [4.78, 5) is 0. The zero-order valence-corrected chi connectivity index (χ0v) is 10.3. The quantitative estimate of drug-likeness (QED) is 0.802. The maximum Gasteiger partial charge on any atom is 0.0876 e. The molecule has 0 aromatic heterocycles. The molecule has 1 aromatic carbocycles. The van der Waals surface area contributed by atoms with Gasteiger partial charge in [-0.2, -0.15) is 0 Å². The lowest BCUT2D eigenvalue weighted by Crippen LogP contribution is -2.53. The van der Waals surface area contributed by atoms with E-state index in [-0.39, 0.29) is 5.60 Å². The number of morpholine rings is 1. The molecule has 0 radical (unpaired) electrons. The number of nitrogens with one attached hydrogen (secondary N) is 1. The lowest BCUT2D eigenvalue weighted by molar-refractivity contribution is -0.119. The molecule has 17 heavy (non-hydrogen) atoms. The summed E-state index contributed by atoms with van der Waals surface area (Å²) in [6, 6.07) is 11.2. The van der Waals surface area contributed by atoms with Crippen LogP contribution in [-0.4, -0.2) is 18.8 Å². The molecule has 2 aliphatic rings. The minimum atomic E-state index is 0.0673. The highest BCUT2D eigenvalue weighted by molar-refractivity contribution is 5.23. The first-order chi connectivity index (χ1) is 8.41. The molecule has 1 aromatic rings. The predicted octanol–water partition coefficient (Wildman–Crippen LogP) is 3.05. The zero-order chi connectivity index (χ0) is 11.6. The van der Waals surface area contributed by atoms with Crippen LogP contribution in [0.25, 0.3) is 0 Å². The van der Waals surface area contributed by atoms with Gasteiger partial charge in [0.25, 0.3) is 0 Å². The van der Waals surface area contributed by atoms with E-state index in [2.05, 4.69) is 35.6 Å². The summed E-state index contributed by atoms with van der Waals surface area (Å²) in [5, 5.41) is 3.67. The van der Waals surface area contributed by atoms with E-state index in [1.165, 1.54) is 37.7 Å². The number of rotatable bonds is 1. The minimum Gasteiger partial charge on any atom is -0.372 e. The Morgan fingerprint density at radius 3 is 2.59 bits per heavy atom. The van der Waals surface area contributed by atoms with Gasteiger partial charge < -0.3 is 10.1 Å². The van der Waals surface area contributed by atoms with Crippen molar-refractivity contribution in [2.75, 3.05) is 13.2 Å². The first kappa shape index (κ1) is 11.2. The Balaban J connectivity index is 1.89. The Morgan fingerprint density at radius 1 is 1.06 bits per heavy atom. The molecule has 2 heteroatoms. The number of ether oxygens (including phenoxy) is 1. The summed E-state index contributed by atoms with van der Waals surface area (Å²) in [5.41, 5.74) is 1.45. The fourth-order valence-electron chi connectivity index (χ4n) is 3.38. The Bertz CT molecular complexity index is 348. The van der Waals surface area contributed by atoms with E-state index < -0.39 is 0 Å². The van der Waals surface area contributed by atoms with Crippen LogP contribution >= 0.6 is 0 Å². The third kappa shape index (κ3) is 2.12. The third-order valence-electron chi connectivity index (χ3n) is 4.20. The summed E-state index contributed by atoms with van der Waals surface area (Å²) < 4.78 is 6.21. The number of hydrogen-bond donors (Lipinski definition) is 1. The van der Waals surface area contributed by atoms with E-state index in [4.69, 9.17) is 4.74 Å². The van der Waals surface area contributed by atoms with Crippen molar-refractivity contribution in [1.29, 1.82) is 0 Å². The van der Waals surface area contributed by atoms with Crippen molar-refractivity contribution in [3.05, 3.63) is 35.9 Å². The van der Waals surface area contributed by atoms with Crippen LogP contribution in [0.4, 0.5) is 0 Å². The first-order valence-electron chi connectivity index (χ1n) is 6.83. The zero-order valence-electron chi connectivity index (χ0n) is 10.3. The molecule has 92 valence electrons. The summed E-state index contributed by atoms with van der Waals surface area (Å²) >= 11 is 0. The summed E-state index contributed by atoms with van der Waals surface area (Å²) in [6.45, 7) is 1.84. The Hall–Kier alpha value is -0.860. The molecule has 3 rings (SSSR count). The average molecular weight is 231 g/mol. The molecule has 1 atom stereocenters. The lowest BCUT2D eigenvalue weighted by Gasteiger charge is -2.47. The maximum absolute atomic E-state index is 6.21. The van der Waals surface area contributed by atoms with Gasteiger partial charge in [0, 0.05) is 6.54 Å². The SMILES string of the molecule is c1ccc(C2NCCOC23CCCCC3)cc1. The smallest absolute Gasteiger partial charge is 0.0876 e. The van der Waals surface area contributed by atoms with Crippen molar-refractivity contribution in [3.8, 4) is 0 Å². The monoisotopic (exact) mass is 231 g/mol. The van der Waals surface area contributed by atoms with Gasteiger partial charge in [0.15, 0.2) is 0 Å². The van der Waals surface area contributed by atoms with E-state index >= 15 is 0 Å². The van der Waals surface area contributed by atoms with Gasteiger partial charge in [0.2, 0.25) is 0 Å². The van der Waals surface area contributed by atoms with Crippen molar-refractivity contribution < 1.29 is 4.74 Å². The van der Waals surface area contributed by atoms with Crippen LogP contribution in [0.2, 0.25) is 0 Å². The van der Waals surface area contributed by atoms with Crippen LogP contribution in [-0.2, 0) is 4.74 Å². The third-order valence-corrected chi connectivity index (χ3v) is 4.20. The topological polar surface area (TPSA) is 21.3 Å². The van der Waals surface area contributed by atoms with Crippen LogP contribution in [0.1, 0.15) is 43.7 Å². The molecule has 1 unspecified atom stereocenters. The molecule has 0 amide bonds. The van der Waals surface area contributed by atoms with Crippen LogP contribution in [0.3, 0.4) is 0 Å². The number of hydrogen-bond acceptors (Lipinski definition) is 2. The van der Waals surface area contributed by atoms with E-state index in [9.17, 15) is 0 Å². The van der Waals surface area contributed by atoms with Crippen LogP contribution in [0, 0.1) is 0 Å². The van der Waals surface area contributed by atoms with Gasteiger partial charge in [-0.3, -0.25) is 0 Å². The molecule has 2 nitrogen and oxygen atoms in total. The lowest BCUT2D eigenvalue weighted by atomic mass is 9.76. The Labute approximate surface area is 103 Å². The van der Waals surface area contributed by atoms with Crippen molar-refractivity contribution in [3.63, 3.8) is 0 Å². The van der Waals surface area contributed by atoms with Crippen LogP contribution < -0.4 is 5.32 Å². The molecule has 1 spiro atoms. The highest BCUT2D eigenvalue weighted by Crippen LogP contribution is 2.42. The van der Waals surface area contributed by atoms with Crippen LogP contribution in [0.5, 0.6) is 0 Å². The molecule has 1 aliphatic carbocycles. The van der Waals surface area contributed by atoms with Gasteiger partial charge in [-0.15, -0.1) is 0 Å². The molecule has 1 aliphatic heterocycles. The van der Waals surface area contributed by atoms with E-state index in [0.29, 0.717) is 6.04 Å². The van der Waals surface area contributed by atoms with Crippen molar-refractivity contribution in [1.82, 2.24) is 5.32 Å². The normalized spacial score (nSPS) is 28.1. The van der Waals surface area contributed by atoms with Gasteiger partial charge in [-0.1, -0.05) is 49.6 Å². The second-order valence-corrected chi connectivity index (χ2v) is 5.27. The van der Waals surface area contributed by atoms with E-state index in [1.54, 1.807) is 0 Å². The molecule has 1 N–H and O–H groups in total. The standard InChI is InChI=1S/C15H21NO/c1-3-7-13(8-4-1)14-15(17-12-11-16-14)9-5-2-6-10-15/h1,3-4,7-8,14,16H,2,5-6,9-12H2. The van der Waals surface area contributed by atoms with Crippen molar-refractivity contribution >= 4 is 0 Å². The van der Waals surface area contributed by atoms with Crippen molar-refractivity contribution in [2.45, 2.75) is 43.7 Å². The highest BCUT2D eigenvalue weighted by Gasteiger charge is 2.43. The van der Waals surface area contributed by atoms with Gasteiger partial charge in [0.05, 0.1) is 18.2 Å². The number of benzene rings is 1. The molecular formula is C15H21NO. The molecule has 1 saturated heterocycles. The van der Waals surface area contributed by atoms with E-state index in [0.717, 1.165) is 13.2 Å². The summed E-state index contributed by atoms with van der Waals surface area (Å²) in [6.07, 6.45) is 6.40. The molecular weight excluding hydrogens is 210 g/mol. The van der Waals surface area contributed by atoms with Crippen LogP contribution in [0.15, 0.2) is 30.3 Å². The second kappa shape index (κ2) is 4.79. The molecule has 1 heterocycles. The summed E-state index contributed by atoms with van der Waals surface area (Å²) in [5.74, 6) is 0. The largest absolute Gasteiger partial charge is 0.372 e. The van der Waals surface area contributed by atoms with Gasteiger partial charge in [0.1, 0.15) is 0 Å². The molecule has 0 bridgehead atoms. The fraction of sp³-hybridized carbons (Fsp3) is 0.600. The highest BCUT2D eigenvalue weighted by atomic mass is 16.5. The minimum absolute atomic E-state index is 0.0673. The summed E-state index contributed by atoms with van der Waals surface area (Å²) in [7, 11) is 0. The fourth-order valence-corrected chi connectivity index (χ4v) is 3.38.